The molecule has 0 aliphatic rings. The molecule has 0 unspecified atom stereocenters. The van der Waals surface area contributed by atoms with Gasteiger partial charge in [-0.05, 0) is 17.0 Å². The lowest BCUT2D eigenvalue weighted by atomic mass is 10.1. The van der Waals surface area contributed by atoms with Gasteiger partial charge in [-0.3, -0.25) is 0 Å². The summed E-state index contributed by atoms with van der Waals surface area (Å²) in [6, 6.07) is 22.7. The molecule has 1 heterocycles. The number of rotatable bonds is 2. The molecule has 0 aliphatic heterocycles. The van der Waals surface area contributed by atoms with Gasteiger partial charge in [0, 0.05) is 11.6 Å². The van der Waals surface area contributed by atoms with Gasteiger partial charge >= 0.3 is 0 Å². The third-order valence-electron chi connectivity index (χ3n) is 3.40. The molecule has 2 nitrogen and oxygen atoms in total. The summed E-state index contributed by atoms with van der Waals surface area (Å²) in [5, 5.41) is 3.20. The Morgan fingerprint density at radius 2 is 1.67 bits per heavy atom. The van der Waals surface area contributed by atoms with E-state index in [1.165, 1.54) is 15.5 Å². The molecule has 4 aromatic rings. The Hall–Kier alpha value is -2.52. The van der Waals surface area contributed by atoms with Crippen LogP contribution in [0.1, 0.15) is 5.56 Å². The smallest absolute Gasteiger partial charge is 0.210 e. The molecule has 3 aromatic carbocycles. The maximum absolute atomic E-state index is 4.68. The second kappa shape index (κ2) is 5.11. The molecule has 0 N–H and O–H groups in total. The Kier molecular flexibility index (Phi) is 2.98. The molecule has 0 spiro atoms. The van der Waals surface area contributed by atoms with Crippen LogP contribution >= 0.6 is 11.3 Å². The average molecular weight is 288 g/mol. The maximum atomic E-state index is 4.68. The van der Waals surface area contributed by atoms with Crippen LogP contribution < -0.4 is 0 Å². The van der Waals surface area contributed by atoms with Crippen molar-refractivity contribution in [3.8, 4) is 0 Å². The van der Waals surface area contributed by atoms with Crippen molar-refractivity contribution < 1.29 is 0 Å². The van der Waals surface area contributed by atoms with Crippen molar-refractivity contribution in [2.24, 2.45) is 4.99 Å². The summed E-state index contributed by atoms with van der Waals surface area (Å²) >= 11 is 1.62. The summed E-state index contributed by atoms with van der Waals surface area (Å²) in [5.74, 6) is 0. The minimum Gasteiger partial charge on any atom is -0.227 e. The monoisotopic (exact) mass is 288 g/mol. The lowest BCUT2D eigenvalue weighted by molar-refractivity contribution is 1.42. The first-order chi connectivity index (χ1) is 10.4. The molecule has 1 aromatic heterocycles. The van der Waals surface area contributed by atoms with Crippen LogP contribution in [0.5, 0.6) is 0 Å². The number of nitrogens with zero attached hydrogens (tertiary/aromatic N) is 2. The second-order valence-electron chi connectivity index (χ2n) is 4.80. The fraction of sp³-hybridized carbons (Fsp3) is 0. The Balaban J connectivity index is 1.80. The van der Waals surface area contributed by atoms with Gasteiger partial charge in [0.2, 0.25) is 5.13 Å². The van der Waals surface area contributed by atoms with E-state index in [0.717, 1.165) is 16.2 Å². The van der Waals surface area contributed by atoms with Crippen LogP contribution in [0.25, 0.3) is 21.0 Å². The zero-order chi connectivity index (χ0) is 14.1. The highest BCUT2D eigenvalue weighted by molar-refractivity contribution is 7.22. The van der Waals surface area contributed by atoms with Crippen LogP contribution in [0.4, 0.5) is 5.13 Å². The molecule has 0 amide bonds. The molecule has 21 heavy (non-hydrogen) atoms. The number of hydrogen-bond donors (Lipinski definition) is 0. The quantitative estimate of drug-likeness (QED) is 0.465. The molecule has 4 rings (SSSR count). The summed E-state index contributed by atoms with van der Waals surface area (Å²) in [7, 11) is 0. The van der Waals surface area contributed by atoms with Crippen LogP contribution in [-0.2, 0) is 0 Å². The first-order valence-corrected chi connectivity index (χ1v) is 7.59. The highest BCUT2D eigenvalue weighted by atomic mass is 32.1. The average Bonchev–Trinajstić information content (AvgIpc) is 2.97. The Labute approximate surface area is 126 Å². The Bertz CT molecular complexity index is 939. The highest BCUT2D eigenvalue weighted by Crippen LogP contribution is 2.32. The predicted molar refractivity (Wildman–Crippen MR) is 90.8 cm³/mol. The Morgan fingerprint density at radius 1 is 0.857 bits per heavy atom. The molecule has 0 fully saturated rings. The van der Waals surface area contributed by atoms with Crippen LogP contribution in [0, 0.1) is 0 Å². The van der Waals surface area contributed by atoms with Crippen molar-refractivity contribution in [1.29, 1.82) is 0 Å². The summed E-state index contributed by atoms with van der Waals surface area (Å²) in [5.41, 5.74) is 2.12. The van der Waals surface area contributed by atoms with Crippen LogP contribution in [0.3, 0.4) is 0 Å². The number of aromatic nitrogens is 1. The number of benzene rings is 3. The molecular weight excluding hydrogens is 276 g/mol. The largest absolute Gasteiger partial charge is 0.227 e. The van der Waals surface area contributed by atoms with Crippen LogP contribution in [0.15, 0.2) is 71.7 Å². The van der Waals surface area contributed by atoms with Crippen molar-refractivity contribution in [2.75, 3.05) is 0 Å². The third kappa shape index (κ3) is 2.32. The van der Waals surface area contributed by atoms with E-state index >= 15 is 0 Å². The van der Waals surface area contributed by atoms with E-state index in [9.17, 15) is 0 Å². The van der Waals surface area contributed by atoms with Gasteiger partial charge < -0.3 is 0 Å². The molecular formula is C18H12N2S. The van der Waals surface area contributed by atoms with Crippen LogP contribution in [-0.4, -0.2) is 11.2 Å². The van der Waals surface area contributed by atoms with Crippen LogP contribution in [0.2, 0.25) is 0 Å². The van der Waals surface area contributed by atoms with E-state index in [1.807, 2.05) is 42.6 Å². The molecule has 0 saturated carbocycles. The fourth-order valence-corrected chi connectivity index (χ4v) is 3.20. The zero-order valence-electron chi connectivity index (χ0n) is 11.2. The van der Waals surface area contributed by atoms with Gasteiger partial charge in [0.1, 0.15) is 0 Å². The summed E-state index contributed by atoms with van der Waals surface area (Å²) in [4.78, 5) is 9.18. The van der Waals surface area contributed by atoms with Gasteiger partial charge in [-0.15, -0.1) is 0 Å². The summed E-state index contributed by atoms with van der Waals surface area (Å²) in [6.07, 6.45) is 1.86. The lowest BCUT2D eigenvalue weighted by Gasteiger charge is -1.96. The van der Waals surface area contributed by atoms with Gasteiger partial charge in [0.05, 0.1) is 10.2 Å². The summed E-state index contributed by atoms with van der Waals surface area (Å²) in [6.45, 7) is 0. The van der Waals surface area contributed by atoms with Gasteiger partial charge in [-0.2, -0.15) is 0 Å². The van der Waals surface area contributed by atoms with Crippen molar-refractivity contribution in [2.45, 2.75) is 0 Å². The first kappa shape index (κ1) is 12.2. The van der Waals surface area contributed by atoms with Gasteiger partial charge in [-0.25, -0.2) is 9.98 Å². The fourth-order valence-electron chi connectivity index (χ4n) is 2.37. The summed E-state index contributed by atoms with van der Waals surface area (Å²) < 4.78 is 1.17. The molecule has 100 valence electrons. The van der Waals surface area contributed by atoms with Crippen molar-refractivity contribution >= 4 is 43.7 Å². The van der Waals surface area contributed by atoms with E-state index in [0.29, 0.717) is 0 Å². The third-order valence-corrected chi connectivity index (χ3v) is 4.32. The van der Waals surface area contributed by atoms with E-state index in [2.05, 4.69) is 40.3 Å². The highest BCUT2D eigenvalue weighted by Gasteiger charge is 2.06. The topological polar surface area (TPSA) is 25.2 Å². The van der Waals surface area contributed by atoms with Crippen molar-refractivity contribution in [3.05, 3.63) is 72.3 Å². The molecule has 3 heteroatoms. The van der Waals surface area contributed by atoms with E-state index in [1.54, 1.807) is 11.3 Å². The maximum Gasteiger partial charge on any atom is 0.210 e. The molecule has 0 bridgehead atoms. The molecule has 0 radical (unpaired) electrons. The zero-order valence-corrected chi connectivity index (χ0v) is 12.0. The lowest BCUT2D eigenvalue weighted by Crippen LogP contribution is -1.77. The van der Waals surface area contributed by atoms with E-state index < -0.39 is 0 Å². The normalized spacial score (nSPS) is 11.6. The van der Waals surface area contributed by atoms with Crippen molar-refractivity contribution in [3.63, 3.8) is 0 Å². The van der Waals surface area contributed by atoms with E-state index in [4.69, 9.17) is 0 Å². The molecule has 0 aliphatic carbocycles. The second-order valence-corrected chi connectivity index (χ2v) is 5.81. The minimum absolute atomic E-state index is 0.796. The van der Waals surface area contributed by atoms with Crippen molar-refractivity contribution in [1.82, 2.24) is 4.98 Å². The molecule has 0 atom stereocenters. The number of aliphatic imine (C=N–C) groups is 1. The van der Waals surface area contributed by atoms with Gasteiger partial charge in [-0.1, -0.05) is 72.0 Å². The van der Waals surface area contributed by atoms with E-state index in [-0.39, 0.29) is 0 Å². The standard InChI is InChI=1S/C18H12N2S/c1-2-6-13(7-3-1)12-19-18-20-17-15-9-5-4-8-14(15)10-11-16(17)21-18/h1-12H. The van der Waals surface area contributed by atoms with Gasteiger partial charge in [0.15, 0.2) is 0 Å². The van der Waals surface area contributed by atoms with Gasteiger partial charge in [0.25, 0.3) is 0 Å². The molecule has 0 saturated heterocycles. The number of hydrogen-bond acceptors (Lipinski definition) is 3. The minimum atomic E-state index is 0.796. The number of fused-ring (bicyclic) bond motifs is 3. The Morgan fingerprint density at radius 3 is 2.57 bits per heavy atom. The SMILES string of the molecule is C(=Nc1nc2c(ccc3ccccc32)s1)c1ccccc1. The first-order valence-electron chi connectivity index (χ1n) is 6.77. The predicted octanol–water partition coefficient (Wildman–Crippen LogP) is 5.20. The number of thiazole rings is 1.